The van der Waals surface area contributed by atoms with E-state index in [1.807, 2.05) is 0 Å². The van der Waals surface area contributed by atoms with Crippen LogP contribution in [0.4, 0.5) is 0 Å². The van der Waals surface area contributed by atoms with Gasteiger partial charge in [0.05, 0.1) is 6.54 Å². The Morgan fingerprint density at radius 1 is 1.21 bits per heavy atom. The summed E-state index contributed by atoms with van der Waals surface area (Å²) in [6.07, 6.45) is 6.65. The summed E-state index contributed by atoms with van der Waals surface area (Å²) in [5.74, 6) is 0.280. The Morgan fingerprint density at radius 2 is 1.89 bits per heavy atom. The first-order chi connectivity index (χ1) is 9.16. The normalized spacial score (nSPS) is 16.8. The summed E-state index contributed by atoms with van der Waals surface area (Å²) >= 11 is 0. The van der Waals surface area contributed by atoms with Gasteiger partial charge in [-0.2, -0.15) is 0 Å². The molecule has 5 nitrogen and oxygen atoms in total. The maximum absolute atomic E-state index is 12.0. The van der Waals surface area contributed by atoms with Crippen LogP contribution < -0.4 is 11.1 Å². The highest BCUT2D eigenvalue weighted by Crippen LogP contribution is 2.23. The Bertz CT molecular complexity index is 445. The summed E-state index contributed by atoms with van der Waals surface area (Å²) in [5, 5.41) is 2.86. The number of carbonyl (C=O) groups excluding carboxylic acids is 2. The maximum atomic E-state index is 12.0. The zero-order valence-corrected chi connectivity index (χ0v) is 11.0. The summed E-state index contributed by atoms with van der Waals surface area (Å²) in [4.78, 5) is 22.9. The van der Waals surface area contributed by atoms with Crippen molar-refractivity contribution in [3.05, 3.63) is 23.7 Å². The van der Waals surface area contributed by atoms with Crippen LogP contribution >= 0.6 is 0 Å². The van der Waals surface area contributed by atoms with Gasteiger partial charge in [0.1, 0.15) is 5.76 Å². The van der Waals surface area contributed by atoms with Crippen molar-refractivity contribution in [3.63, 3.8) is 0 Å². The quantitative estimate of drug-likeness (QED) is 0.815. The number of rotatable bonds is 4. The van der Waals surface area contributed by atoms with Crippen LogP contribution in [0.5, 0.6) is 0 Å². The number of carbonyl (C=O) groups is 2. The van der Waals surface area contributed by atoms with Crippen molar-refractivity contribution >= 4 is 11.8 Å². The van der Waals surface area contributed by atoms with Crippen LogP contribution in [0.3, 0.4) is 0 Å². The number of furan rings is 1. The second-order valence-corrected chi connectivity index (χ2v) is 5.04. The standard InChI is InChI=1S/C14H20N2O3/c15-13(17)12-8-7-11(19-12)9-16-14(18)10-5-3-1-2-4-6-10/h7-8,10H,1-6,9H2,(H2,15,17)(H,16,18). The number of amides is 2. The lowest BCUT2D eigenvalue weighted by Gasteiger charge is -2.13. The minimum Gasteiger partial charge on any atom is -0.454 e. The number of nitrogens with one attached hydrogen (secondary N) is 1. The molecule has 5 heteroatoms. The van der Waals surface area contributed by atoms with E-state index in [0.29, 0.717) is 12.3 Å². The maximum Gasteiger partial charge on any atom is 0.284 e. The summed E-state index contributed by atoms with van der Waals surface area (Å²) < 4.78 is 5.22. The van der Waals surface area contributed by atoms with Gasteiger partial charge in [0.15, 0.2) is 5.76 Å². The van der Waals surface area contributed by atoms with E-state index in [1.165, 1.54) is 18.9 Å². The van der Waals surface area contributed by atoms with Crippen molar-refractivity contribution < 1.29 is 14.0 Å². The van der Waals surface area contributed by atoms with E-state index in [0.717, 1.165) is 25.7 Å². The smallest absolute Gasteiger partial charge is 0.284 e. The van der Waals surface area contributed by atoms with Crippen molar-refractivity contribution in [1.82, 2.24) is 5.32 Å². The van der Waals surface area contributed by atoms with Crippen LogP contribution in [0, 0.1) is 5.92 Å². The van der Waals surface area contributed by atoms with Gasteiger partial charge >= 0.3 is 0 Å². The van der Waals surface area contributed by atoms with Gasteiger partial charge < -0.3 is 15.5 Å². The Morgan fingerprint density at radius 3 is 2.47 bits per heavy atom. The van der Waals surface area contributed by atoms with Gasteiger partial charge in [0.2, 0.25) is 5.91 Å². The van der Waals surface area contributed by atoms with E-state index in [2.05, 4.69) is 5.32 Å². The molecule has 3 N–H and O–H groups in total. The molecular weight excluding hydrogens is 244 g/mol. The van der Waals surface area contributed by atoms with Crippen molar-refractivity contribution in [1.29, 1.82) is 0 Å². The minimum absolute atomic E-state index is 0.0823. The predicted octanol–water partition coefficient (Wildman–Crippen LogP) is 1.97. The molecule has 0 bridgehead atoms. The second kappa shape index (κ2) is 6.41. The number of hydrogen-bond donors (Lipinski definition) is 2. The first kappa shape index (κ1) is 13.6. The molecule has 0 spiro atoms. The predicted molar refractivity (Wildman–Crippen MR) is 70.3 cm³/mol. The highest BCUT2D eigenvalue weighted by Gasteiger charge is 2.20. The van der Waals surface area contributed by atoms with E-state index in [9.17, 15) is 9.59 Å². The second-order valence-electron chi connectivity index (χ2n) is 5.04. The lowest BCUT2D eigenvalue weighted by molar-refractivity contribution is -0.125. The van der Waals surface area contributed by atoms with Gasteiger partial charge in [-0.05, 0) is 25.0 Å². The van der Waals surface area contributed by atoms with Crippen molar-refractivity contribution in [3.8, 4) is 0 Å². The molecule has 0 radical (unpaired) electrons. The Balaban J connectivity index is 1.83. The van der Waals surface area contributed by atoms with Crippen LogP contribution in [-0.4, -0.2) is 11.8 Å². The van der Waals surface area contributed by atoms with Crippen molar-refractivity contribution in [2.75, 3.05) is 0 Å². The lowest BCUT2D eigenvalue weighted by Crippen LogP contribution is -2.29. The molecule has 0 aliphatic heterocycles. The molecule has 0 saturated heterocycles. The summed E-state index contributed by atoms with van der Waals surface area (Å²) in [6.45, 7) is 0.308. The zero-order chi connectivity index (χ0) is 13.7. The molecule has 104 valence electrons. The molecule has 1 saturated carbocycles. The molecule has 1 aliphatic rings. The van der Waals surface area contributed by atoms with E-state index < -0.39 is 5.91 Å². The van der Waals surface area contributed by atoms with Gasteiger partial charge in [0, 0.05) is 5.92 Å². The van der Waals surface area contributed by atoms with Gasteiger partial charge in [0.25, 0.3) is 5.91 Å². The third-order valence-corrected chi connectivity index (χ3v) is 3.57. The monoisotopic (exact) mass is 264 g/mol. The average molecular weight is 264 g/mol. The summed E-state index contributed by atoms with van der Waals surface area (Å²) in [6, 6.07) is 3.18. The molecule has 1 fully saturated rings. The van der Waals surface area contributed by atoms with Crippen LogP contribution in [-0.2, 0) is 11.3 Å². The molecule has 19 heavy (non-hydrogen) atoms. The summed E-state index contributed by atoms with van der Waals surface area (Å²) in [5.41, 5.74) is 5.10. The molecule has 1 aliphatic carbocycles. The molecule has 2 amide bonds. The zero-order valence-electron chi connectivity index (χ0n) is 11.0. The van der Waals surface area contributed by atoms with Crippen LogP contribution in [0.1, 0.15) is 54.8 Å². The first-order valence-corrected chi connectivity index (χ1v) is 6.83. The van der Waals surface area contributed by atoms with Gasteiger partial charge in [-0.3, -0.25) is 9.59 Å². The lowest BCUT2D eigenvalue weighted by atomic mass is 9.99. The molecule has 0 unspecified atom stereocenters. The highest BCUT2D eigenvalue weighted by atomic mass is 16.4. The van der Waals surface area contributed by atoms with Gasteiger partial charge in [-0.25, -0.2) is 0 Å². The molecule has 1 aromatic rings. The minimum atomic E-state index is -0.596. The number of nitrogens with two attached hydrogens (primary N) is 1. The molecule has 1 heterocycles. The molecule has 0 atom stereocenters. The topological polar surface area (TPSA) is 85.3 Å². The van der Waals surface area contributed by atoms with E-state index in [4.69, 9.17) is 10.2 Å². The molecule has 2 rings (SSSR count). The summed E-state index contributed by atoms with van der Waals surface area (Å²) in [7, 11) is 0. The van der Waals surface area contributed by atoms with E-state index >= 15 is 0 Å². The number of hydrogen-bond acceptors (Lipinski definition) is 3. The van der Waals surface area contributed by atoms with E-state index in [-0.39, 0.29) is 17.6 Å². The molecular formula is C14H20N2O3. The first-order valence-electron chi connectivity index (χ1n) is 6.83. The van der Waals surface area contributed by atoms with E-state index in [1.54, 1.807) is 6.07 Å². The largest absolute Gasteiger partial charge is 0.454 e. The fraction of sp³-hybridized carbons (Fsp3) is 0.571. The van der Waals surface area contributed by atoms with Gasteiger partial charge in [-0.15, -0.1) is 0 Å². The van der Waals surface area contributed by atoms with Crippen molar-refractivity contribution in [2.45, 2.75) is 45.1 Å². The fourth-order valence-corrected chi connectivity index (χ4v) is 2.47. The average Bonchev–Trinajstić information content (AvgIpc) is 2.70. The van der Waals surface area contributed by atoms with Crippen LogP contribution in [0.25, 0.3) is 0 Å². The Labute approximate surface area is 112 Å². The van der Waals surface area contributed by atoms with Crippen LogP contribution in [0.2, 0.25) is 0 Å². The Hall–Kier alpha value is -1.78. The third-order valence-electron chi connectivity index (χ3n) is 3.57. The van der Waals surface area contributed by atoms with Crippen LogP contribution in [0.15, 0.2) is 16.5 Å². The SMILES string of the molecule is NC(=O)c1ccc(CNC(=O)C2CCCCCC2)o1. The van der Waals surface area contributed by atoms with Gasteiger partial charge in [-0.1, -0.05) is 25.7 Å². The highest BCUT2D eigenvalue weighted by molar-refractivity contribution is 5.89. The molecule has 1 aromatic heterocycles. The molecule has 0 aromatic carbocycles. The van der Waals surface area contributed by atoms with Crippen molar-refractivity contribution in [2.24, 2.45) is 11.7 Å². The Kier molecular flexibility index (Phi) is 4.60. The number of primary amides is 1. The third kappa shape index (κ3) is 3.84. The fourth-order valence-electron chi connectivity index (χ4n) is 2.47.